The van der Waals surface area contributed by atoms with E-state index in [-0.39, 0.29) is 17.7 Å². The highest BCUT2D eigenvalue weighted by Crippen LogP contribution is 2.34. The monoisotopic (exact) mass is 462 g/mol. The van der Waals surface area contributed by atoms with Gasteiger partial charge in [0.15, 0.2) is 4.32 Å². The van der Waals surface area contributed by atoms with Gasteiger partial charge in [0.05, 0.1) is 21.9 Å². The lowest BCUT2D eigenvalue weighted by molar-refractivity contribution is -0.120. The molecule has 2 aromatic carbocycles. The first kappa shape index (κ1) is 21.7. The topological polar surface area (TPSA) is 82.1 Å². The van der Waals surface area contributed by atoms with Gasteiger partial charge in [0, 0.05) is 18.8 Å². The van der Waals surface area contributed by atoms with E-state index in [1.54, 1.807) is 49.4 Å². The van der Waals surface area contributed by atoms with E-state index in [9.17, 15) is 14.4 Å². The van der Waals surface area contributed by atoms with E-state index in [4.69, 9.17) is 12.2 Å². The van der Waals surface area contributed by atoms with Gasteiger partial charge in [-0.3, -0.25) is 19.3 Å². The lowest BCUT2D eigenvalue weighted by atomic mass is 10.1. The van der Waals surface area contributed by atoms with Crippen molar-refractivity contribution in [1.82, 2.24) is 4.90 Å². The molecular formula is C23H18N4O3S2. The van der Waals surface area contributed by atoms with Crippen LogP contribution in [0.3, 0.4) is 0 Å². The minimum atomic E-state index is -0.319. The largest absolute Gasteiger partial charge is 0.326 e. The zero-order valence-electron chi connectivity index (χ0n) is 17.2. The third-order valence-corrected chi connectivity index (χ3v) is 6.00. The number of hydrogen-bond acceptors (Lipinski definition) is 6. The number of hydrazone groups is 1. The number of carbonyl (C=O) groups excluding carboxylic acids is 3. The molecule has 2 aromatic rings. The Balaban J connectivity index is 1.55. The third-order valence-electron chi connectivity index (χ3n) is 4.67. The van der Waals surface area contributed by atoms with E-state index < -0.39 is 0 Å². The lowest BCUT2D eigenvalue weighted by Gasteiger charge is -2.12. The normalized spacial score (nSPS) is 18.7. The van der Waals surface area contributed by atoms with E-state index in [1.807, 2.05) is 18.2 Å². The number of benzene rings is 2. The van der Waals surface area contributed by atoms with Crippen molar-refractivity contribution in [3.63, 3.8) is 0 Å². The SMILES string of the molecule is CC(=O)Nc1ccc(/C=C2\SC(=S)N(C=C3C(=O)N(c4ccccc4)N=C3C)C2=O)cc1. The van der Waals surface area contributed by atoms with Gasteiger partial charge in [0.2, 0.25) is 5.91 Å². The van der Waals surface area contributed by atoms with Crippen LogP contribution in [0.4, 0.5) is 11.4 Å². The fourth-order valence-corrected chi connectivity index (χ4v) is 4.36. The van der Waals surface area contributed by atoms with Crippen molar-refractivity contribution in [2.24, 2.45) is 5.10 Å². The molecule has 0 spiro atoms. The summed E-state index contributed by atoms with van der Waals surface area (Å²) < 4.78 is 0.336. The molecule has 2 aliphatic heterocycles. The van der Waals surface area contributed by atoms with Crippen LogP contribution >= 0.6 is 24.0 Å². The minimum Gasteiger partial charge on any atom is -0.326 e. The summed E-state index contributed by atoms with van der Waals surface area (Å²) in [5.41, 5.74) is 2.92. The maximum Gasteiger partial charge on any atom is 0.282 e. The first-order valence-corrected chi connectivity index (χ1v) is 10.9. The highest BCUT2D eigenvalue weighted by Gasteiger charge is 2.35. The number of hydrogen-bond donors (Lipinski definition) is 1. The Bertz CT molecular complexity index is 1220. The molecule has 1 fully saturated rings. The van der Waals surface area contributed by atoms with Gasteiger partial charge in [-0.1, -0.05) is 54.3 Å². The number of para-hydroxylation sites is 1. The van der Waals surface area contributed by atoms with E-state index >= 15 is 0 Å². The summed E-state index contributed by atoms with van der Waals surface area (Å²) in [6, 6.07) is 16.2. The molecule has 2 aliphatic rings. The summed E-state index contributed by atoms with van der Waals surface area (Å²) in [6.07, 6.45) is 3.19. The smallest absolute Gasteiger partial charge is 0.282 e. The number of nitrogens with one attached hydrogen (secondary N) is 1. The molecule has 0 aliphatic carbocycles. The Morgan fingerprint density at radius 1 is 1.06 bits per heavy atom. The zero-order chi connectivity index (χ0) is 22.8. The molecule has 0 bridgehead atoms. The second kappa shape index (κ2) is 8.89. The first-order valence-electron chi connectivity index (χ1n) is 9.65. The predicted molar refractivity (Wildman–Crippen MR) is 131 cm³/mol. The van der Waals surface area contributed by atoms with Crippen molar-refractivity contribution in [3.8, 4) is 0 Å². The van der Waals surface area contributed by atoms with Crippen molar-refractivity contribution >= 4 is 69.2 Å². The molecule has 9 heteroatoms. The molecule has 7 nitrogen and oxygen atoms in total. The third kappa shape index (κ3) is 4.39. The standard InChI is InChI=1S/C23H18N4O3S2/c1-14-19(21(29)27(25-14)18-6-4-3-5-7-18)13-26-22(30)20(32-23(26)31)12-16-8-10-17(11-9-16)24-15(2)28/h3-13H,1-2H3,(H,24,28)/b19-13?,20-12-. The van der Waals surface area contributed by atoms with Crippen LogP contribution in [0.25, 0.3) is 6.08 Å². The number of amides is 3. The average Bonchev–Trinajstić information content (AvgIpc) is 3.20. The molecule has 0 unspecified atom stereocenters. The van der Waals surface area contributed by atoms with Crippen molar-refractivity contribution in [1.29, 1.82) is 0 Å². The summed E-state index contributed by atoms with van der Waals surface area (Å²) in [5.74, 6) is -0.782. The number of carbonyl (C=O) groups is 3. The Morgan fingerprint density at radius 3 is 2.41 bits per heavy atom. The van der Waals surface area contributed by atoms with Crippen LogP contribution in [0.1, 0.15) is 19.4 Å². The van der Waals surface area contributed by atoms with Crippen LogP contribution in [0.5, 0.6) is 0 Å². The molecule has 3 amide bonds. The van der Waals surface area contributed by atoms with Crippen molar-refractivity contribution in [3.05, 3.63) is 76.8 Å². The van der Waals surface area contributed by atoms with Gasteiger partial charge >= 0.3 is 0 Å². The minimum absolute atomic E-state index is 0.155. The Kier molecular flexibility index (Phi) is 6.02. The maximum absolute atomic E-state index is 13.0. The van der Waals surface area contributed by atoms with Gasteiger partial charge in [-0.15, -0.1) is 0 Å². The summed E-state index contributed by atoms with van der Waals surface area (Å²) in [6.45, 7) is 3.16. The molecular weight excluding hydrogens is 444 g/mol. The Labute approximate surface area is 194 Å². The Hall–Kier alpha value is -3.56. The maximum atomic E-state index is 13.0. The second-order valence-corrected chi connectivity index (χ2v) is 8.71. The highest BCUT2D eigenvalue weighted by molar-refractivity contribution is 8.26. The average molecular weight is 463 g/mol. The molecule has 0 aromatic heterocycles. The number of rotatable bonds is 4. The molecule has 1 saturated heterocycles. The summed E-state index contributed by atoms with van der Waals surface area (Å²) in [5, 5.41) is 8.34. The van der Waals surface area contributed by atoms with Crippen LogP contribution in [0.2, 0.25) is 0 Å². The molecule has 2 heterocycles. The first-order chi connectivity index (χ1) is 15.3. The fraction of sp³-hybridized carbons (Fsp3) is 0.0870. The van der Waals surface area contributed by atoms with E-state index in [1.165, 1.54) is 23.0 Å². The second-order valence-electron chi connectivity index (χ2n) is 7.04. The van der Waals surface area contributed by atoms with Gasteiger partial charge in [-0.2, -0.15) is 10.1 Å². The number of thiocarbonyl (C=S) groups is 1. The quantitative estimate of drug-likeness (QED) is 0.545. The van der Waals surface area contributed by atoms with Crippen molar-refractivity contribution < 1.29 is 14.4 Å². The summed E-state index contributed by atoms with van der Waals surface area (Å²) in [7, 11) is 0. The van der Waals surface area contributed by atoms with Gasteiger partial charge in [-0.25, -0.2) is 0 Å². The van der Waals surface area contributed by atoms with Gasteiger partial charge in [-0.05, 0) is 42.8 Å². The zero-order valence-corrected chi connectivity index (χ0v) is 18.9. The van der Waals surface area contributed by atoms with Crippen molar-refractivity contribution in [2.75, 3.05) is 10.3 Å². The van der Waals surface area contributed by atoms with E-state index in [2.05, 4.69) is 10.4 Å². The molecule has 0 saturated carbocycles. The highest BCUT2D eigenvalue weighted by atomic mass is 32.2. The van der Waals surface area contributed by atoms with Gasteiger partial charge < -0.3 is 5.32 Å². The van der Waals surface area contributed by atoms with Crippen LogP contribution in [-0.4, -0.2) is 32.7 Å². The number of thioether (sulfide) groups is 1. The van der Waals surface area contributed by atoms with Gasteiger partial charge in [0.1, 0.15) is 0 Å². The molecule has 160 valence electrons. The molecule has 0 radical (unpaired) electrons. The van der Waals surface area contributed by atoms with Crippen LogP contribution in [0.15, 0.2) is 76.4 Å². The summed E-state index contributed by atoms with van der Waals surface area (Å²) in [4.78, 5) is 38.8. The molecule has 4 rings (SSSR count). The summed E-state index contributed by atoms with van der Waals surface area (Å²) >= 11 is 6.55. The van der Waals surface area contributed by atoms with E-state index in [0.29, 0.717) is 31.9 Å². The fourth-order valence-electron chi connectivity index (χ4n) is 3.15. The molecule has 32 heavy (non-hydrogen) atoms. The lowest BCUT2D eigenvalue weighted by Crippen LogP contribution is -2.26. The van der Waals surface area contributed by atoms with E-state index in [0.717, 1.165) is 17.3 Å². The van der Waals surface area contributed by atoms with Crippen LogP contribution in [0, 0.1) is 0 Å². The van der Waals surface area contributed by atoms with Crippen molar-refractivity contribution in [2.45, 2.75) is 13.8 Å². The van der Waals surface area contributed by atoms with Gasteiger partial charge in [0.25, 0.3) is 11.8 Å². The number of nitrogens with zero attached hydrogens (tertiary/aromatic N) is 3. The number of anilines is 2. The molecule has 0 atom stereocenters. The Morgan fingerprint density at radius 2 is 1.75 bits per heavy atom. The predicted octanol–water partition coefficient (Wildman–Crippen LogP) is 4.15. The van der Waals surface area contributed by atoms with Crippen LogP contribution < -0.4 is 10.3 Å². The molecule has 1 N–H and O–H groups in total. The van der Waals surface area contributed by atoms with Crippen LogP contribution in [-0.2, 0) is 14.4 Å².